The second kappa shape index (κ2) is 9.92. The molecule has 0 aliphatic carbocycles. The van der Waals surface area contributed by atoms with Crippen LogP contribution in [0.5, 0.6) is 11.5 Å². The summed E-state index contributed by atoms with van der Waals surface area (Å²) in [6.45, 7) is 1.25. The van der Waals surface area contributed by atoms with E-state index in [1.807, 2.05) is 6.07 Å². The molecule has 152 valence electrons. The van der Waals surface area contributed by atoms with E-state index in [9.17, 15) is 8.78 Å². The minimum absolute atomic E-state index is 0.122. The van der Waals surface area contributed by atoms with Gasteiger partial charge >= 0.3 is 0 Å². The predicted molar refractivity (Wildman–Crippen MR) is 111 cm³/mol. The second-order valence-corrected chi connectivity index (χ2v) is 7.18. The highest BCUT2D eigenvalue weighted by molar-refractivity contribution is 6.32. The topological polar surface area (TPSA) is 30.5 Å². The van der Waals surface area contributed by atoms with Gasteiger partial charge in [-0.1, -0.05) is 41.4 Å². The summed E-state index contributed by atoms with van der Waals surface area (Å²) in [4.78, 5) is 0. The second-order valence-electron chi connectivity index (χ2n) is 6.36. The third kappa shape index (κ3) is 5.82. The minimum atomic E-state index is -0.410. The van der Waals surface area contributed by atoms with Gasteiger partial charge in [-0.2, -0.15) is 0 Å². The highest BCUT2D eigenvalue weighted by Gasteiger charge is 2.13. The zero-order valence-corrected chi connectivity index (χ0v) is 17.2. The average Bonchev–Trinajstić information content (AvgIpc) is 2.69. The van der Waals surface area contributed by atoms with E-state index in [1.54, 1.807) is 24.3 Å². The largest absolute Gasteiger partial charge is 0.493 e. The van der Waals surface area contributed by atoms with Crippen molar-refractivity contribution in [1.82, 2.24) is 5.32 Å². The van der Waals surface area contributed by atoms with E-state index in [2.05, 4.69) is 5.32 Å². The van der Waals surface area contributed by atoms with Gasteiger partial charge in [0.15, 0.2) is 11.5 Å². The molecule has 7 heteroatoms. The van der Waals surface area contributed by atoms with Crippen molar-refractivity contribution in [2.75, 3.05) is 7.11 Å². The van der Waals surface area contributed by atoms with Gasteiger partial charge in [0.2, 0.25) is 0 Å². The summed E-state index contributed by atoms with van der Waals surface area (Å²) in [6, 6.07) is 14.0. The van der Waals surface area contributed by atoms with E-state index in [1.165, 1.54) is 31.4 Å². The van der Waals surface area contributed by atoms with Crippen molar-refractivity contribution in [2.45, 2.75) is 19.7 Å². The molecule has 0 amide bonds. The van der Waals surface area contributed by atoms with Crippen LogP contribution in [-0.2, 0) is 19.7 Å². The lowest BCUT2D eigenvalue weighted by atomic mass is 10.1. The Morgan fingerprint density at radius 1 is 0.828 bits per heavy atom. The Balaban J connectivity index is 1.65. The number of halogens is 4. The van der Waals surface area contributed by atoms with Crippen LogP contribution in [0.4, 0.5) is 8.78 Å². The molecule has 0 atom stereocenters. The van der Waals surface area contributed by atoms with Crippen LogP contribution in [0.15, 0.2) is 54.6 Å². The molecule has 0 fully saturated rings. The van der Waals surface area contributed by atoms with Gasteiger partial charge < -0.3 is 14.8 Å². The first-order valence-electron chi connectivity index (χ1n) is 8.84. The van der Waals surface area contributed by atoms with Crippen LogP contribution < -0.4 is 14.8 Å². The molecule has 0 saturated heterocycles. The molecular weight excluding hydrogens is 419 g/mol. The van der Waals surface area contributed by atoms with Crippen LogP contribution in [0.2, 0.25) is 10.0 Å². The predicted octanol–water partition coefficient (Wildman–Crippen LogP) is 6.15. The van der Waals surface area contributed by atoms with E-state index < -0.39 is 5.82 Å². The Morgan fingerprint density at radius 3 is 2.21 bits per heavy atom. The van der Waals surface area contributed by atoms with E-state index in [0.717, 1.165) is 11.1 Å². The van der Waals surface area contributed by atoms with Crippen LogP contribution in [0.25, 0.3) is 0 Å². The summed E-state index contributed by atoms with van der Waals surface area (Å²) >= 11 is 12.4. The van der Waals surface area contributed by atoms with E-state index >= 15 is 0 Å². The van der Waals surface area contributed by atoms with E-state index in [4.69, 9.17) is 32.7 Å². The fraction of sp³-hybridized carbons (Fsp3) is 0.182. The fourth-order valence-electron chi connectivity index (χ4n) is 2.76. The van der Waals surface area contributed by atoms with Gasteiger partial charge in [-0.05, 0) is 47.5 Å². The summed E-state index contributed by atoms with van der Waals surface area (Å²) < 4.78 is 37.3. The molecule has 0 saturated carbocycles. The molecule has 0 aromatic heterocycles. The smallest absolute Gasteiger partial charge is 0.180 e. The molecule has 0 aliphatic heterocycles. The van der Waals surface area contributed by atoms with Crippen molar-refractivity contribution in [2.24, 2.45) is 0 Å². The zero-order valence-electron chi connectivity index (χ0n) is 15.6. The Labute approximate surface area is 178 Å². The summed E-state index contributed by atoms with van der Waals surface area (Å²) in [5, 5.41) is 3.94. The Bertz CT molecular complexity index is 981. The van der Waals surface area contributed by atoms with Gasteiger partial charge in [-0.25, -0.2) is 8.78 Å². The highest BCUT2D eigenvalue weighted by Crippen LogP contribution is 2.37. The Morgan fingerprint density at radius 2 is 1.52 bits per heavy atom. The van der Waals surface area contributed by atoms with Crippen LogP contribution >= 0.6 is 23.2 Å². The van der Waals surface area contributed by atoms with Crippen LogP contribution in [0.1, 0.15) is 16.7 Å². The molecule has 0 spiro atoms. The van der Waals surface area contributed by atoms with Gasteiger partial charge in [-0.3, -0.25) is 0 Å². The molecule has 0 bridgehead atoms. The number of nitrogens with one attached hydrogen (secondary N) is 1. The summed E-state index contributed by atoms with van der Waals surface area (Å²) in [6.07, 6.45) is 0. The molecule has 3 rings (SSSR count). The lowest BCUT2D eigenvalue weighted by molar-refractivity contribution is 0.284. The third-order valence-corrected chi connectivity index (χ3v) is 4.88. The summed E-state index contributed by atoms with van der Waals surface area (Å²) in [5.74, 6) is 0.195. The number of rotatable bonds is 8. The lowest BCUT2D eigenvalue weighted by Crippen LogP contribution is -2.13. The van der Waals surface area contributed by atoms with Crippen molar-refractivity contribution in [1.29, 1.82) is 0 Å². The summed E-state index contributed by atoms with van der Waals surface area (Å²) in [5.41, 5.74) is 2.51. The van der Waals surface area contributed by atoms with Gasteiger partial charge in [0.25, 0.3) is 0 Å². The van der Waals surface area contributed by atoms with Crippen molar-refractivity contribution < 1.29 is 18.3 Å². The normalized spacial score (nSPS) is 10.8. The standard InChI is InChI=1S/C22H19Cl2F2NO2/c1-28-21-9-15(12-27-11-14-2-5-17(25)6-3-14)8-20(24)22(21)29-13-16-4-7-18(26)10-19(16)23/h2-10,27H,11-13H2,1H3. The van der Waals surface area contributed by atoms with Gasteiger partial charge in [0.1, 0.15) is 18.2 Å². The first-order valence-corrected chi connectivity index (χ1v) is 9.60. The van der Waals surface area contributed by atoms with E-state index in [0.29, 0.717) is 35.2 Å². The van der Waals surface area contributed by atoms with Gasteiger partial charge in [-0.15, -0.1) is 0 Å². The molecule has 0 unspecified atom stereocenters. The Kier molecular flexibility index (Phi) is 7.31. The minimum Gasteiger partial charge on any atom is -0.493 e. The number of benzene rings is 3. The number of ether oxygens (including phenoxy) is 2. The molecule has 3 nitrogen and oxygen atoms in total. The summed E-state index contributed by atoms with van der Waals surface area (Å²) in [7, 11) is 1.53. The molecule has 0 radical (unpaired) electrons. The van der Waals surface area contributed by atoms with Crippen LogP contribution in [-0.4, -0.2) is 7.11 Å². The quantitative estimate of drug-likeness (QED) is 0.458. The number of methoxy groups -OCH3 is 1. The molecule has 0 heterocycles. The molecule has 1 N–H and O–H groups in total. The highest BCUT2D eigenvalue weighted by atomic mass is 35.5. The fourth-order valence-corrected chi connectivity index (χ4v) is 3.27. The molecule has 29 heavy (non-hydrogen) atoms. The maximum atomic E-state index is 13.2. The molecule has 3 aromatic carbocycles. The van der Waals surface area contributed by atoms with Gasteiger partial charge in [0.05, 0.1) is 17.2 Å². The molecule has 0 aliphatic rings. The monoisotopic (exact) mass is 437 g/mol. The maximum absolute atomic E-state index is 13.2. The maximum Gasteiger partial charge on any atom is 0.180 e. The number of hydrogen-bond donors (Lipinski definition) is 1. The van der Waals surface area contributed by atoms with E-state index in [-0.39, 0.29) is 17.4 Å². The van der Waals surface area contributed by atoms with Crippen molar-refractivity contribution in [3.63, 3.8) is 0 Å². The first-order chi connectivity index (χ1) is 14.0. The average molecular weight is 438 g/mol. The van der Waals surface area contributed by atoms with Crippen molar-refractivity contribution in [3.05, 3.63) is 93.0 Å². The van der Waals surface area contributed by atoms with Crippen molar-refractivity contribution >= 4 is 23.2 Å². The van der Waals surface area contributed by atoms with Crippen LogP contribution in [0.3, 0.4) is 0 Å². The van der Waals surface area contributed by atoms with Crippen LogP contribution in [0, 0.1) is 11.6 Å². The number of hydrogen-bond acceptors (Lipinski definition) is 3. The third-order valence-electron chi connectivity index (χ3n) is 4.25. The lowest BCUT2D eigenvalue weighted by Gasteiger charge is -2.15. The zero-order chi connectivity index (χ0) is 20.8. The Hall–Kier alpha value is -2.34. The van der Waals surface area contributed by atoms with Gasteiger partial charge in [0, 0.05) is 18.7 Å². The molecule has 3 aromatic rings. The van der Waals surface area contributed by atoms with Crippen molar-refractivity contribution in [3.8, 4) is 11.5 Å². The first kappa shape index (κ1) is 21.4. The molecular formula is C22H19Cl2F2NO2. The SMILES string of the molecule is COc1cc(CNCc2ccc(F)cc2)cc(Cl)c1OCc1ccc(F)cc1Cl.